The number of nitrogens with one attached hydrogen (secondary N) is 1. The van der Waals surface area contributed by atoms with E-state index >= 15 is 0 Å². The summed E-state index contributed by atoms with van der Waals surface area (Å²) in [6, 6.07) is 0. The highest BCUT2D eigenvalue weighted by molar-refractivity contribution is 5.69. The Hall–Kier alpha value is -1.10. The maximum Gasteiger partial charge on any atom is 0.177 e. The summed E-state index contributed by atoms with van der Waals surface area (Å²) < 4.78 is 0. The Balaban J connectivity index is 3.79. The minimum absolute atomic E-state index is 0.963. The average molecular weight is 81.1 g/mol. The van der Waals surface area contributed by atoms with Crippen LogP contribution in [0.1, 0.15) is 0 Å². The largest absolute Gasteiger partial charge is 0.308 e. The molecule has 0 rings (SSSR count). The van der Waals surface area contributed by atoms with Gasteiger partial charge in [0.1, 0.15) is 0 Å². The Kier molecular flexibility index (Phi) is 3.19. The molecule has 0 saturated carbocycles. The number of allylic oxidation sites excluding steroid dienone is 1. The lowest BCUT2D eigenvalue weighted by atomic mass is 10.7. The summed E-state index contributed by atoms with van der Waals surface area (Å²) in [7, 11) is 0. The molecule has 0 aliphatic carbocycles. The molecule has 0 radical (unpaired) electrons. The zero-order chi connectivity index (χ0) is 4.83. The Bertz CT molecular complexity index is 116. The van der Waals surface area contributed by atoms with E-state index in [0.717, 1.165) is 6.21 Å². The first kappa shape index (κ1) is 4.90. The van der Waals surface area contributed by atoms with Gasteiger partial charge in [-0.2, -0.15) is 0 Å². The summed E-state index contributed by atoms with van der Waals surface area (Å²) in [5.74, 6) is 1.36. The van der Waals surface area contributed by atoms with Crippen molar-refractivity contribution in [2.45, 2.75) is 0 Å². The van der Waals surface area contributed by atoms with Crippen LogP contribution in [0.2, 0.25) is 0 Å². The first-order valence-corrected chi connectivity index (χ1v) is 1.36. The van der Waals surface area contributed by atoms with Crippen LogP contribution in [-0.2, 0) is 4.79 Å². The minimum Gasteiger partial charge on any atom is -0.308 e. The van der Waals surface area contributed by atoms with Crippen LogP contribution in [0.15, 0.2) is 11.8 Å². The highest BCUT2D eigenvalue weighted by Gasteiger charge is 1.44. The maximum absolute atomic E-state index is 9.19. The van der Waals surface area contributed by atoms with Gasteiger partial charge in [0, 0.05) is 12.3 Å². The van der Waals surface area contributed by atoms with Gasteiger partial charge < -0.3 is 5.41 Å². The van der Waals surface area contributed by atoms with Crippen molar-refractivity contribution in [3.63, 3.8) is 0 Å². The molecule has 30 valence electrons. The summed E-state index contributed by atoms with van der Waals surface area (Å²) in [5.41, 5.74) is 2.02. The second kappa shape index (κ2) is 3.90. The van der Waals surface area contributed by atoms with Crippen molar-refractivity contribution >= 4 is 12.2 Å². The minimum atomic E-state index is 0.963. The van der Waals surface area contributed by atoms with E-state index in [-0.39, 0.29) is 0 Å². The van der Waals surface area contributed by atoms with Crippen LogP contribution in [-0.4, -0.2) is 12.2 Å². The molecular weight excluding hydrogens is 78.0 g/mol. The van der Waals surface area contributed by atoms with E-state index in [1.165, 1.54) is 12.0 Å². The molecular formula is C4H3NO. The number of rotatable bonds is 1. The zero-order valence-electron chi connectivity index (χ0n) is 3.06. The van der Waals surface area contributed by atoms with E-state index < -0.39 is 0 Å². The molecule has 0 fully saturated rings. The third-order valence-electron chi connectivity index (χ3n) is 0.226. The molecule has 0 aromatic heterocycles. The Morgan fingerprint density at radius 1 is 1.67 bits per heavy atom. The van der Waals surface area contributed by atoms with Gasteiger partial charge in [-0.15, -0.1) is 0 Å². The Labute approximate surface area is 35.3 Å². The summed E-state index contributed by atoms with van der Waals surface area (Å²) >= 11 is 0. The SMILES string of the molecule is N=CC=C=C=O. The van der Waals surface area contributed by atoms with Gasteiger partial charge in [0.25, 0.3) is 0 Å². The van der Waals surface area contributed by atoms with Crippen LogP contribution in [0.5, 0.6) is 0 Å². The van der Waals surface area contributed by atoms with Crippen molar-refractivity contribution < 1.29 is 4.79 Å². The number of hydrogen-bond donors (Lipinski definition) is 1. The van der Waals surface area contributed by atoms with E-state index in [2.05, 4.69) is 0 Å². The molecule has 0 amide bonds. The molecule has 0 bridgehead atoms. The van der Waals surface area contributed by atoms with Crippen molar-refractivity contribution in [1.82, 2.24) is 0 Å². The van der Waals surface area contributed by atoms with Crippen molar-refractivity contribution in [3.8, 4) is 0 Å². The first-order valence-electron chi connectivity index (χ1n) is 1.36. The number of carbonyl (C=O) groups excluding carboxylic acids is 1. The normalized spacial score (nSPS) is 4.67. The van der Waals surface area contributed by atoms with E-state index in [0.29, 0.717) is 0 Å². The van der Waals surface area contributed by atoms with E-state index in [1.807, 2.05) is 5.73 Å². The standard InChI is InChI=1S/C4H3NO/c5-3-1-2-4-6/h1,3,5H. The quantitative estimate of drug-likeness (QED) is 0.273. The van der Waals surface area contributed by atoms with Gasteiger partial charge in [-0.3, -0.25) is 0 Å². The lowest BCUT2D eigenvalue weighted by Gasteiger charge is -1.45. The van der Waals surface area contributed by atoms with Crippen molar-refractivity contribution in [2.24, 2.45) is 0 Å². The van der Waals surface area contributed by atoms with Crippen LogP contribution >= 0.6 is 0 Å². The predicted octanol–water partition coefficient (Wildman–Crippen LogP) is 0.179. The molecule has 0 atom stereocenters. The average Bonchev–Trinajstić information content (AvgIpc) is 1.61. The molecule has 2 nitrogen and oxygen atoms in total. The van der Waals surface area contributed by atoms with Gasteiger partial charge in [-0.25, -0.2) is 4.79 Å². The highest BCUT2D eigenvalue weighted by atomic mass is 16.1. The van der Waals surface area contributed by atoms with Crippen LogP contribution in [0.3, 0.4) is 0 Å². The Morgan fingerprint density at radius 3 is 2.50 bits per heavy atom. The molecule has 0 unspecified atom stereocenters. The molecule has 0 aliphatic heterocycles. The molecule has 0 saturated heterocycles. The fourth-order valence-corrected chi connectivity index (χ4v) is 0.0757. The van der Waals surface area contributed by atoms with Gasteiger partial charge in [-0.1, -0.05) is 0 Å². The molecule has 0 spiro atoms. The van der Waals surface area contributed by atoms with E-state index in [9.17, 15) is 4.79 Å². The molecule has 0 heterocycles. The fourth-order valence-electron chi connectivity index (χ4n) is 0.0757. The van der Waals surface area contributed by atoms with E-state index in [4.69, 9.17) is 5.41 Å². The third-order valence-corrected chi connectivity index (χ3v) is 0.226. The third kappa shape index (κ3) is 2.90. The molecule has 0 aliphatic rings. The van der Waals surface area contributed by atoms with Crippen LogP contribution in [0, 0.1) is 5.41 Å². The highest BCUT2D eigenvalue weighted by Crippen LogP contribution is 1.44. The van der Waals surface area contributed by atoms with Crippen LogP contribution in [0.25, 0.3) is 0 Å². The van der Waals surface area contributed by atoms with Gasteiger partial charge >= 0.3 is 0 Å². The van der Waals surface area contributed by atoms with Crippen molar-refractivity contribution in [1.29, 1.82) is 5.41 Å². The Morgan fingerprint density at radius 2 is 2.33 bits per heavy atom. The molecule has 6 heavy (non-hydrogen) atoms. The molecule has 2 heteroatoms. The summed E-state index contributed by atoms with van der Waals surface area (Å²) in [5, 5.41) is 6.28. The molecule has 0 aromatic carbocycles. The van der Waals surface area contributed by atoms with Gasteiger partial charge in [0.15, 0.2) is 5.94 Å². The molecule has 1 N–H and O–H groups in total. The smallest absolute Gasteiger partial charge is 0.177 e. The number of hydrogen-bond acceptors (Lipinski definition) is 2. The van der Waals surface area contributed by atoms with Crippen LogP contribution in [0.4, 0.5) is 0 Å². The molecule has 0 aromatic rings. The second-order valence-corrected chi connectivity index (χ2v) is 0.580. The van der Waals surface area contributed by atoms with Crippen molar-refractivity contribution in [2.75, 3.05) is 0 Å². The maximum atomic E-state index is 9.19. The van der Waals surface area contributed by atoms with Gasteiger partial charge in [-0.05, 0) is 5.73 Å². The topological polar surface area (TPSA) is 40.9 Å². The summed E-state index contributed by atoms with van der Waals surface area (Å²) in [6.07, 6.45) is 2.14. The summed E-state index contributed by atoms with van der Waals surface area (Å²) in [4.78, 5) is 9.19. The van der Waals surface area contributed by atoms with Gasteiger partial charge in [0.05, 0.1) is 0 Å². The monoisotopic (exact) mass is 81.0 g/mol. The summed E-state index contributed by atoms with van der Waals surface area (Å²) in [6.45, 7) is 0. The second-order valence-electron chi connectivity index (χ2n) is 0.580. The fraction of sp³-hybridized carbons (Fsp3) is 0. The van der Waals surface area contributed by atoms with Crippen molar-refractivity contribution in [3.05, 3.63) is 11.8 Å². The predicted molar refractivity (Wildman–Crippen MR) is 22.6 cm³/mol. The lowest BCUT2D eigenvalue weighted by Crippen LogP contribution is -1.47. The zero-order valence-corrected chi connectivity index (χ0v) is 3.06. The lowest BCUT2D eigenvalue weighted by molar-refractivity contribution is 0.569. The first-order chi connectivity index (χ1) is 2.91. The van der Waals surface area contributed by atoms with Crippen LogP contribution < -0.4 is 0 Å². The van der Waals surface area contributed by atoms with Gasteiger partial charge in [0.2, 0.25) is 0 Å². The van der Waals surface area contributed by atoms with E-state index in [1.54, 1.807) is 0 Å².